The smallest absolute Gasteiger partial charge is 0.312 e. The maximum atomic E-state index is 11.1. The molecule has 17 heavy (non-hydrogen) atoms. The number of carboxylic acid groups (broad SMARTS) is 1. The van der Waals surface area contributed by atoms with Crippen LogP contribution in [0.25, 0.3) is 0 Å². The number of amides is 1. The normalized spacial score (nSPS) is 18.6. The largest absolute Gasteiger partial charge is 0.481 e. The predicted octanol–water partition coefficient (Wildman–Crippen LogP) is 0.699. The van der Waals surface area contributed by atoms with Crippen LogP contribution in [-0.4, -0.2) is 48.1 Å². The van der Waals surface area contributed by atoms with Crippen molar-refractivity contribution in [1.29, 1.82) is 0 Å². The molecule has 5 nitrogen and oxygen atoms in total. The average Bonchev–Trinajstić information content (AvgIpc) is 2.27. The molecule has 1 fully saturated rings. The van der Waals surface area contributed by atoms with E-state index in [2.05, 4.69) is 17.1 Å². The first kappa shape index (κ1) is 14.0. The standard InChI is InChI=1S/C12H22N2O3/c1-10(8-13-11(15)7-12(16)17)9-14-5-3-2-4-6-14/h10H,2-9H2,1H3,(H,13,15)(H,16,17). The summed E-state index contributed by atoms with van der Waals surface area (Å²) in [6, 6.07) is 0. The molecule has 0 aromatic carbocycles. The van der Waals surface area contributed by atoms with Gasteiger partial charge >= 0.3 is 5.97 Å². The van der Waals surface area contributed by atoms with Gasteiger partial charge in [0.25, 0.3) is 0 Å². The van der Waals surface area contributed by atoms with Crippen LogP contribution < -0.4 is 5.32 Å². The molecule has 1 saturated heterocycles. The highest BCUT2D eigenvalue weighted by atomic mass is 16.4. The van der Waals surface area contributed by atoms with E-state index >= 15 is 0 Å². The van der Waals surface area contributed by atoms with Crippen LogP contribution in [0.15, 0.2) is 0 Å². The van der Waals surface area contributed by atoms with Gasteiger partial charge in [0, 0.05) is 13.1 Å². The van der Waals surface area contributed by atoms with Gasteiger partial charge in [0.15, 0.2) is 0 Å². The molecule has 1 atom stereocenters. The summed E-state index contributed by atoms with van der Waals surface area (Å²) in [5, 5.41) is 11.1. The first-order valence-corrected chi connectivity index (χ1v) is 6.29. The van der Waals surface area contributed by atoms with Crippen molar-refractivity contribution in [3.8, 4) is 0 Å². The summed E-state index contributed by atoms with van der Waals surface area (Å²) in [7, 11) is 0. The van der Waals surface area contributed by atoms with Crippen LogP contribution in [0.3, 0.4) is 0 Å². The zero-order valence-corrected chi connectivity index (χ0v) is 10.4. The third-order valence-electron chi connectivity index (χ3n) is 2.98. The van der Waals surface area contributed by atoms with E-state index in [9.17, 15) is 9.59 Å². The van der Waals surface area contributed by atoms with Crippen LogP contribution >= 0.6 is 0 Å². The minimum atomic E-state index is -1.08. The highest BCUT2D eigenvalue weighted by Crippen LogP contribution is 2.10. The number of aliphatic carboxylic acids is 1. The molecule has 5 heteroatoms. The number of hydrogen-bond acceptors (Lipinski definition) is 3. The first-order chi connectivity index (χ1) is 8.08. The second-order valence-electron chi connectivity index (χ2n) is 4.84. The monoisotopic (exact) mass is 242 g/mol. The number of hydrogen-bond donors (Lipinski definition) is 2. The third-order valence-corrected chi connectivity index (χ3v) is 2.98. The molecule has 1 aliphatic heterocycles. The van der Waals surface area contributed by atoms with Gasteiger partial charge in [0.2, 0.25) is 5.91 Å². The van der Waals surface area contributed by atoms with Gasteiger partial charge < -0.3 is 15.3 Å². The van der Waals surface area contributed by atoms with Crippen LogP contribution in [0.2, 0.25) is 0 Å². The number of piperidine rings is 1. The average molecular weight is 242 g/mol. The van der Waals surface area contributed by atoms with Crippen LogP contribution in [0.1, 0.15) is 32.6 Å². The molecule has 1 amide bonds. The van der Waals surface area contributed by atoms with Crippen molar-refractivity contribution in [3.63, 3.8) is 0 Å². The van der Waals surface area contributed by atoms with E-state index in [1.807, 2.05) is 0 Å². The Morgan fingerprint density at radius 3 is 2.53 bits per heavy atom. The number of carbonyl (C=O) groups excluding carboxylic acids is 1. The molecule has 0 saturated carbocycles. The zero-order chi connectivity index (χ0) is 12.7. The summed E-state index contributed by atoms with van der Waals surface area (Å²) in [6.45, 7) is 5.91. The Bertz CT molecular complexity index is 262. The molecular weight excluding hydrogens is 220 g/mol. The quantitative estimate of drug-likeness (QED) is 0.673. The fraction of sp³-hybridized carbons (Fsp3) is 0.833. The number of nitrogens with one attached hydrogen (secondary N) is 1. The van der Waals surface area contributed by atoms with Crippen molar-refractivity contribution in [2.24, 2.45) is 5.92 Å². The molecule has 0 radical (unpaired) electrons. The second kappa shape index (κ2) is 7.27. The lowest BCUT2D eigenvalue weighted by molar-refractivity contribution is -0.140. The van der Waals surface area contributed by atoms with Gasteiger partial charge in [-0.3, -0.25) is 9.59 Å². The van der Waals surface area contributed by atoms with E-state index in [1.54, 1.807) is 0 Å². The molecule has 0 bridgehead atoms. The van der Waals surface area contributed by atoms with Crippen molar-refractivity contribution >= 4 is 11.9 Å². The summed E-state index contributed by atoms with van der Waals surface area (Å²) >= 11 is 0. The number of rotatable bonds is 6. The van der Waals surface area contributed by atoms with E-state index in [4.69, 9.17) is 5.11 Å². The predicted molar refractivity (Wildman–Crippen MR) is 64.7 cm³/mol. The number of likely N-dealkylation sites (tertiary alicyclic amines) is 1. The van der Waals surface area contributed by atoms with Crippen molar-refractivity contribution in [2.45, 2.75) is 32.6 Å². The van der Waals surface area contributed by atoms with Crippen molar-refractivity contribution in [3.05, 3.63) is 0 Å². The van der Waals surface area contributed by atoms with E-state index < -0.39 is 18.3 Å². The Morgan fingerprint density at radius 2 is 1.94 bits per heavy atom. The van der Waals surface area contributed by atoms with Gasteiger partial charge in [-0.15, -0.1) is 0 Å². The summed E-state index contributed by atoms with van der Waals surface area (Å²) < 4.78 is 0. The van der Waals surface area contributed by atoms with Gasteiger partial charge in [0.1, 0.15) is 6.42 Å². The van der Waals surface area contributed by atoms with Gasteiger partial charge in [-0.1, -0.05) is 13.3 Å². The highest BCUT2D eigenvalue weighted by Gasteiger charge is 2.14. The summed E-state index contributed by atoms with van der Waals surface area (Å²) in [6.07, 6.45) is 3.41. The van der Waals surface area contributed by atoms with E-state index in [-0.39, 0.29) is 0 Å². The minimum absolute atomic E-state index is 0.367. The van der Waals surface area contributed by atoms with Crippen molar-refractivity contribution < 1.29 is 14.7 Å². The summed E-state index contributed by atoms with van der Waals surface area (Å²) in [5.74, 6) is -1.11. The number of carbonyl (C=O) groups is 2. The lowest BCUT2D eigenvalue weighted by atomic mass is 10.1. The lowest BCUT2D eigenvalue weighted by Gasteiger charge is -2.29. The molecule has 1 heterocycles. The molecule has 1 unspecified atom stereocenters. The van der Waals surface area contributed by atoms with Crippen LogP contribution in [-0.2, 0) is 9.59 Å². The molecule has 0 aliphatic carbocycles. The second-order valence-corrected chi connectivity index (χ2v) is 4.84. The number of nitrogens with zero attached hydrogens (tertiary/aromatic N) is 1. The third kappa shape index (κ3) is 6.26. The minimum Gasteiger partial charge on any atom is -0.481 e. The summed E-state index contributed by atoms with van der Waals surface area (Å²) in [4.78, 5) is 23.9. The van der Waals surface area contributed by atoms with E-state index in [0.717, 1.165) is 19.6 Å². The SMILES string of the molecule is CC(CNC(=O)CC(=O)O)CN1CCCCC1. The van der Waals surface area contributed by atoms with Gasteiger partial charge in [0.05, 0.1) is 0 Å². The lowest BCUT2D eigenvalue weighted by Crippen LogP contribution is -2.38. The topological polar surface area (TPSA) is 69.6 Å². The summed E-state index contributed by atoms with van der Waals surface area (Å²) in [5.41, 5.74) is 0. The Kier molecular flexibility index (Phi) is 5.97. The van der Waals surface area contributed by atoms with Crippen LogP contribution in [0.4, 0.5) is 0 Å². The van der Waals surface area contributed by atoms with E-state index in [0.29, 0.717) is 12.5 Å². The maximum Gasteiger partial charge on any atom is 0.312 e. The van der Waals surface area contributed by atoms with Gasteiger partial charge in [-0.2, -0.15) is 0 Å². The van der Waals surface area contributed by atoms with Crippen LogP contribution in [0.5, 0.6) is 0 Å². The van der Waals surface area contributed by atoms with Crippen LogP contribution in [0, 0.1) is 5.92 Å². The fourth-order valence-corrected chi connectivity index (χ4v) is 2.14. The first-order valence-electron chi connectivity index (χ1n) is 6.29. The van der Waals surface area contributed by atoms with Gasteiger partial charge in [-0.05, 0) is 31.8 Å². The number of carboxylic acids is 1. The molecule has 98 valence electrons. The molecule has 0 spiro atoms. The molecule has 1 rings (SSSR count). The molecular formula is C12H22N2O3. The Morgan fingerprint density at radius 1 is 1.29 bits per heavy atom. The highest BCUT2D eigenvalue weighted by molar-refractivity contribution is 5.93. The van der Waals surface area contributed by atoms with Crippen molar-refractivity contribution in [2.75, 3.05) is 26.2 Å². The van der Waals surface area contributed by atoms with Crippen molar-refractivity contribution in [1.82, 2.24) is 10.2 Å². The Labute approximate surface area is 102 Å². The molecule has 0 aromatic heterocycles. The van der Waals surface area contributed by atoms with Gasteiger partial charge in [-0.25, -0.2) is 0 Å². The maximum absolute atomic E-state index is 11.1. The Balaban J connectivity index is 2.13. The molecule has 1 aliphatic rings. The zero-order valence-electron chi connectivity index (χ0n) is 10.4. The molecule has 2 N–H and O–H groups in total. The molecule has 0 aromatic rings. The fourth-order valence-electron chi connectivity index (χ4n) is 2.14. The Hall–Kier alpha value is -1.10. The van der Waals surface area contributed by atoms with E-state index in [1.165, 1.54) is 19.3 Å².